The van der Waals surface area contributed by atoms with Crippen molar-refractivity contribution in [1.82, 2.24) is 15.0 Å². The monoisotopic (exact) mass is 330 g/mol. The molecular weight excluding hydrogens is 319 g/mol. The Morgan fingerprint density at radius 1 is 1.30 bits per heavy atom. The molecule has 0 saturated carbocycles. The van der Waals surface area contributed by atoms with Gasteiger partial charge in [0.25, 0.3) is 5.91 Å². The number of thiazole rings is 1. The van der Waals surface area contributed by atoms with Crippen molar-refractivity contribution in [3.05, 3.63) is 53.6 Å². The van der Waals surface area contributed by atoms with Gasteiger partial charge >= 0.3 is 0 Å². The Balaban J connectivity index is 1.81. The number of nitrogens with zero attached hydrogens (tertiary/aromatic N) is 3. The predicted octanol–water partition coefficient (Wildman–Crippen LogP) is 3.00. The number of rotatable bonds is 4. The van der Waals surface area contributed by atoms with Crippen LogP contribution in [-0.2, 0) is 0 Å². The smallest absolute Gasteiger partial charge is 0.275 e. The first kappa shape index (κ1) is 15.0. The molecule has 0 aliphatic rings. The quantitative estimate of drug-likeness (QED) is 0.796. The van der Waals surface area contributed by atoms with E-state index in [1.165, 1.54) is 36.6 Å². The molecule has 1 aromatic carbocycles. The van der Waals surface area contributed by atoms with Crippen molar-refractivity contribution in [2.24, 2.45) is 0 Å². The van der Waals surface area contributed by atoms with Gasteiger partial charge in [-0.2, -0.15) is 0 Å². The summed E-state index contributed by atoms with van der Waals surface area (Å²) in [5.41, 5.74) is 0.591. The minimum Gasteiger partial charge on any atom is -0.494 e. The number of halogens is 1. The first-order valence-electron chi connectivity index (χ1n) is 6.55. The summed E-state index contributed by atoms with van der Waals surface area (Å²) in [7, 11) is 1.40. The van der Waals surface area contributed by atoms with Gasteiger partial charge in [0.05, 0.1) is 12.8 Å². The van der Waals surface area contributed by atoms with Gasteiger partial charge in [-0.3, -0.25) is 4.79 Å². The summed E-state index contributed by atoms with van der Waals surface area (Å²) >= 11 is 1.27. The van der Waals surface area contributed by atoms with E-state index in [1.807, 2.05) is 0 Å². The number of hydrogen-bond acceptors (Lipinski definition) is 6. The zero-order valence-corrected chi connectivity index (χ0v) is 12.8. The lowest BCUT2D eigenvalue weighted by Gasteiger charge is -2.09. The molecule has 0 radical (unpaired) electrons. The Labute approximate surface area is 135 Å². The number of amides is 1. The second-order valence-corrected chi connectivity index (χ2v) is 5.27. The maximum atomic E-state index is 13.2. The van der Waals surface area contributed by atoms with Gasteiger partial charge in [-0.15, -0.1) is 11.3 Å². The maximum absolute atomic E-state index is 13.2. The van der Waals surface area contributed by atoms with E-state index in [9.17, 15) is 9.18 Å². The highest BCUT2D eigenvalue weighted by molar-refractivity contribution is 7.13. The molecule has 2 aromatic heterocycles. The highest BCUT2D eigenvalue weighted by atomic mass is 32.1. The summed E-state index contributed by atoms with van der Waals surface area (Å²) in [6.45, 7) is 0. The van der Waals surface area contributed by atoms with Gasteiger partial charge in [-0.1, -0.05) is 0 Å². The van der Waals surface area contributed by atoms with Crippen LogP contribution in [0.2, 0.25) is 0 Å². The number of anilines is 1. The van der Waals surface area contributed by atoms with Crippen LogP contribution in [0.3, 0.4) is 0 Å². The van der Waals surface area contributed by atoms with Gasteiger partial charge in [-0.25, -0.2) is 19.3 Å². The average molecular weight is 330 g/mol. The predicted molar refractivity (Wildman–Crippen MR) is 84.0 cm³/mol. The fourth-order valence-electron chi connectivity index (χ4n) is 1.84. The normalized spacial score (nSPS) is 10.3. The molecule has 8 heteroatoms. The number of nitrogens with one attached hydrogen (secondary N) is 1. The van der Waals surface area contributed by atoms with Crippen molar-refractivity contribution in [1.29, 1.82) is 0 Å². The molecular formula is C15H11FN4O2S. The van der Waals surface area contributed by atoms with E-state index in [0.29, 0.717) is 16.5 Å². The van der Waals surface area contributed by atoms with E-state index in [1.54, 1.807) is 23.8 Å². The lowest BCUT2D eigenvalue weighted by Crippen LogP contribution is -2.13. The molecule has 0 unspecified atom stereocenters. The Hall–Kier alpha value is -2.87. The average Bonchev–Trinajstić information content (AvgIpc) is 3.07. The Bertz CT molecular complexity index is 839. The van der Waals surface area contributed by atoms with E-state index in [-0.39, 0.29) is 11.4 Å². The van der Waals surface area contributed by atoms with Crippen LogP contribution in [0, 0.1) is 5.82 Å². The van der Waals surface area contributed by atoms with E-state index < -0.39 is 11.7 Å². The van der Waals surface area contributed by atoms with Crippen molar-refractivity contribution in [3.8, 4) is 16.6 Å². The summed E-state index contributed by atoms with van der Waals surface area (Å²) < 4.78 is 18.2. The zero-order chi connectivity index (χ0) is 16.2. The Kier molecular flexibility index (Phi) is 4.24. The molecule has 6 nitrogen and oxygen atoms in total. The van der Waals surface area contributed by atoms with E-state index >= 15 is 0 Å². The number of aromatic nitrogens is 3. The molecule has 0 bridgehead atoms. The largest absolute Gasteiger partial charge is 0.494 e. The number of hydrogen-bond donors (Lipinski definition) is 1. The van der Waals surface area contributed by atoms with Crippen LogP contribution in [-0.4, -0.2) is 28.0 Å². The lowest BCUT2D eigenvalue weighted by atomic mass is 10.2. The first-order chi connectivity index (χ1) is 11.2. The molecule has 1 amide bonds. The molecule has 0 aliphatic heterocycles. The van der Waals surface area contributed by atoms with Crippen LogP contribution >= 0.6 is 11.3 Å². The van der Waals surface area contributed by atoms with Crippen molar-refractivity contribution in [3.63, 3.8) is 0 Å². The highest BCUT2D eigenvalue weighted by Crippen LogP contribution is 2.26. The van der Waals surface area contributed by atoms with Crippen molar-refractivity contribution in [2.75, 3.05) is 12.4 Å². The zero-order valence-electron chi connectivity index (χ0n) is 12.0. The molecule has 116 valence electrons. The SMILES string of the molecule is COc1cc(F)ccc1NC(=O)c1csc(-c2ncccn2)n1. The van der Waals surface area contributed by atoms with E-state index in [0.717, 1.165) is 0 Å². The van der Waals surface area contributed by atoms with Gasteiger partial charge in [0.2, 0.25) is 0 Å². The number of carbonyl (C=O) groups excluding carboxylic acids is 1. The van der Waals surface area contributed by atoms with Gasteiger partial charge < -0.3 is 10.1 Å². The number of carbonyl (C=O) groups is 1. The van der Waals surface area contributed by atoms with Gasteiger partial charge in [0, 0.05) is 23.8 Å². The van der Waals surface area contributed by atoms with Crippen molar-refractivity contribution in [2.45, 2.75) is 0 Å². The minimum absolute atomic E-state index is 0.226. The molecule has 3 aromatic rings. The van der Waals surface area contributed by atoms with E-state index in [2.05, 4.69) is 20.3 Å². The van der Waals surface area contributed by atoms with Crippen LogP contribution in [0.1, 0.15) is 10.5 Å². The summed E-state index contributed by atoms with van der Waals surface area (Å²) in [4.78, 5) is 24.6. The molecule has 0 atom stereocenters. The van der Waals surface area contributed by atoms with Crippen LogP contribution < -0.4 is 10.1 Å². The lowest BCUT2D eigenvalue weighted by molar-refractivity contribution is 0.102. The molecule has 0 saturated heterocycles. The van der Waals surface area contributed by atoms with Crippen LogP contribution in [0.4, 0.5) is 10.1 Å². The molecule has 0 spiro atoms. The maximum Gasteiger partial charge on any atom is 0.275 e. The van der Waals surface area contributed by atoms with Crippen LogP contribution in [0.15, 0.2) is 42.0 Å². The van der Waals surface area contributed by atoms with E-state index in [4.69, 9.17) is 4.74 Å². The fourth-order valence-corrected chi connectivity index (χ4v) is 2.59. The molecule has 23 heavy (non-hydrogen) atoms. The molecule has 0 aliphatic carbocycles. The Morgan fingerprint density at radius 3 is 2.83 bits per heavy atom. The molecule has 0 fully saturated rings. The first-order valence-corrected chi connectivity index (χ1v) is 7.43. The Morgan fingerprint density at radius 2 is 2.09 bits per heavy atom. The third-order valence-corrected chi connectivity index (χ3v) is 3.74. The van der Waals surface area contributed by atoms with Crippen LogP contribution in [0.25, 0.3) is 10.8 Å². The second-order valence-electron chi connectivity index (χ2n) is 4.41. The standard InChI is InChI=1S/C15H11FN4O2S/c1-22-12-7-9(16)3-4-10(12)19-14(21)11-8-23-15(20-11)13-17-5-2-6-18-13/h2-8H,1H3,(H,19,21). The topological polar surface area (TPSA) is 77.0 Å². The molecule has 1 N–H and O–H groups in total. The molecule has 2 heterocycles. The van der Waals surface area contributed by atoms with Crippen molar-refractivity contribution < 1.29 is 13.9 Å². The van der Waals surface area contributed by atoms with Gasteiger partial charge in [0.1, 0.15) is 17.3 Å². The number of ether oxygens (including phenoxy) is 1. The van der Waals surface area contributed by atoms with Gasteiger partial charge in [0.15, 0.2) is 10.8 Å². The van der Waals surface area contributed by atoms with Crippen LogP contribution in [0.5, 0.6) is 5.75 Å². The third-order valence-electron chi connectivity index (χ3n) is 2.91. The fraction of sp³-hybridized carbons (Fsp3) is 0.0667. The highest BCUT2D eigenvalue weighted by Gasteiger charge is 2.15. The summed E-state index contributed by atoms with van der Waals surface area (Å²) in [6, 6.07) is 5.56. The minimum atomic E-state index is -0.447. The van der Waals surface area contributed by atoms with Crippen molar-refractivity contribution >= 4 is 22.9 Å². The second kappa shape index (κ2) is 6.49. The summed E-state index contributed by atoms with van der Waals surface area (Å²) in [6.07, 6.45) is 3.21. The number of benzene rings is 1. The number of methoxy groups -OCH3 is 1. The third kappa shape index (κ3) is 3.32. The summed E-state index contributed by atoms with van der Waals surface area (Å²) in [5, 5.41) is 4.79. The molecule has 3 rings (SSSR count). The van der Waals surface area contributed by atoms with Gasteiger partial charge in [-0.05, 0) is 18.2 Å². The summed E-state index contributed by atoms with van der Waals surface area (Å²) in [5.74, 6) is -0.179.